The van der Waals surface area contributed by atoms with E-state index in [2.05, 4.69) is 20.5 Å². The van der Waals surface area contributed by atoms with E-state index in [1.807, 2.05) is 24.3 Å². The van der Waals surface area contributed by atoms with E-state index in [9.17, 15) is 4.79 Å². The molecule has 6 heteroatoms. The molecule has 1 aliphatic heterocycles. The summed E-state index contributed by atoms with van der Waals surface area (Å²) in [5.74, 6) is 0.909. The Morgan fingerprint density at radius 2 is 2.33 bits per heavy atom. The fourth-order valence-corrected chi connectivity index (χ4v) is 1.98. The molecule has 0 bridgehead atoms. The van der Waals surface area contributed by atoms with Gasteiger partial charge in [-0.15, -0.1) is 0 Å². The van der Waals surface area contributed by atoms with Crippen molar-refractivity contribution in [1.82, 2.24) is 15.2 Å². The molecule has 1 atom stereocenters. The van der Waals surface area contributed by atoms with Crippen LogP contribution in [0, 0.1) is 5.92 Å². The van der Waals surface area contributed by atoms with Crippen molar-refractivity contribution in [3.63, 3.8) is 0 Å². The van der Waals surface area contributed by atoms with E-state index >= 15 is 0 Å². The third-order valence-corrected chi connectivity index (χ3v) is 2.91. The van der Waals surface area contributed by atoms with E-state index in [0.29, 0.717) is 19.0 Å². The van der Waals surface area contributed by atoms with Crippen molar-refractivity contribution in [3.05, 3.63) is 36.2 Å². The number of rotatable bonds is 2. The Bertz CT molecular complexity index is 553. The van der Waals surface area contributed by atoms with E-state index in [-0.39, 0.29) is 11.8 Å². The number of carbonyl (C=O) groups excluding carboxylic acids is 1. The second kappa shape index (κ2) is 4.48. The summed E-state index contributed by atoms with van der Waals surface area (Å²) in [6.45, 7) is 0.386. The van der Waals surface area contributed by atoms with Crippen LogP contribution in [0.3, 0.4) is 0 Å². The first kappa shape index (κ1) is 10.8. The summed E-state index contributed by atoms with van der Waals surface area (Å²) >= 11 is 0. The summed E-state index contributed by atoms with van der Waals surface area (Å²) in [5, 5.41) is 8.94. The average Bonchev–Trinajstić information content (AvgIpc) is 2.91. The second-order valence-corrected chi connectivity index (χ2v) is 4.14. The van der Waals surface area contributed by atoms with Crippen LogP contribution < -0.4 is 10.1 Å². The highest BCUT2D eigenvalue weighted by Crippen LogP contribution is 2.27. The fraction of sp³-hybridized carbons (Fsp3) is 0.250. The minimum Gasteiger partial charge on any atom is -0.492 e. The number of hydrogen-bond donors (Lipinski definition) is 2. The molecule has 0 radical (unpaired) electrons. The third kappa shape index (κ3) is 2.04. The molecule has 92 valence electrons. The lowest BCUT2D eigenvalue weighted by molar-refractivity contribution is -0.121. The Kier molecular flexibility index (Phi) is 2.68. The summed E-state index contributed by atoms with van der Waals surface area (Å²) in [6.07, 6.45) is 2.03. The Balaban J connectivity index is 1.70. The number of fused-ring (bicyclic) bond motifs is 1. The van der Waals surface area contributed by atoms with Gasteiger partial charge in [-0.05, 0) is 18.1 Å². The number of aromatic nitrogens is 3. The molecular weight excluding hydrogens is 232 g/mol. The Morgan fingerprint density at radius 3 is 3.17 bits per heavy atom. The van der Waals surface area contributed by atoms with Crippen LogP contribution in [0.4, 0.5) is 5.95 Å². The van der Waals surface area contributed by atoms with Gasteiger partial charge in [-0.3, -0.25) is 10.1 Å². The summed E-state index contributed by atoms with van der Waals surface area (Å²) in [5.41, 5.74) is 1.06. The fourth-order valence-electron chi connectivity index (χ4n) is 1.98. The lowest BCUT2D eigenvalue weighted by Crippen LogP contribution is -2.32. The van der Waals surface area contributed by atoms with Crippen LogP contribution in [0.25, 0.3) is 0 Å². The van der Waals surface area contributed by atoms with Gasteiger partial charge in [0.25, 0.3) is 0 Å². The molecule has 2 heterocycles. The summed E-state index contributed by atoms with van der Waals surface area (Å²) < 4.78 is 5.57. The molecule has 18 heavy (non-hydrogen) atoms. The summed E-state index contributed by atoms with van der Waals surface area (Å²) in [7, 11) is 0. The van der Waals surface area contributed by atoms with E-state index in [4.69, 9.17) is 4.74 Å². The summed E-state index contributed by atoms with van der Waals surface area (Å²) in [4.78, 5) is 15.9. The maximum atomic E-state index is 12.0. The molecule has 2 aromatic rings. The van der Waals surface area contributed by atoms with Crippen molar-refractivity contribution in [2.24, 2.45) is 5.92 Å². The molecule has 1 amide bonds. The molecule has 0 saturated carbocycles. The Morgan fingerprint density at radius 1 is 1.44 bits per heavy atom. The first-order valence-corrected chi connectivity index (χ1v) is 5.70. The number of para-hydroxylation sites is 1. The van der Waals surface area contributed by atoms with Crippen molar-refractivity contribution >= 4 is 11.9 Å². The van der Waals surface area contributed by atoms with Gasteiger partial charge in [0.1, 0.15) is 18.7 Å². The van der Waals surface area contributed by atoms with Gasteiger partial charge in [0.15, 0.2) is 0 Å². The van der Waals surface area contributed by atoms with Crippen LogP contribution in [0.15, 0.2) is 30.6 Å². The zero-order valence-electron chi connectivity index (χ0n) is 9.59. The predicted molar refractivity (Wildman–Crippen MR) is 64.1 cm³/mol. The first-order chi connectivity index (χ1) is 8.83. The van der Waals surface area contributed by atoms with E-state index in [0.717, 1.165) is 11.3 Å². The molecule has 2 N–H and O–H groups in total. The molecule has 0 unspecified atom stereocenters. The molecule has 0 fully saturated rings. The van der Waals surface area contributed by atoms with Crippen molar-refractivity contribution < 1.29 is 9.53 Å². The van der Waals surface area contributed by atoms with Crippen LogP contribution >= 0.6 is 0 Å². The average molecular weight is 244 g/mol. The van der Waals surface area contributed by atoms with Crippen LogP contribution in [0.1, 0.15) is 5.56 Å². The predicted octanol–water partition coefficient (Wildman–Crippen LogP) is 0.994. The zero-order chi connectivity index (χ0) is 12.4. The lowest BCUT2D eigenvalue weighted by atomic mass is 9.96. The minimum atomic E-state index is -0.204. The third-order valence-electron chi connectivity index (χ3n) is 2.91. The van der Waals surface area contributed by atoms with Crippen molar-refractivity contribution in [2.75, 3.05) is 11.9 Å². The van der Waals surface area contributed by atoms with E-state index in [1.165, 1.54) is 6.33 Å². The number of benzene rings is 1. The Hall–Kier alpha value is -2.37. The van der Waals surface area contributed by atoms with Gasteiger partial charge < -0.3 is 4.74 Å². The molecule has 1 aromatic carbocycles. The van der Waals surface area contributed by atoms with Gasteiger partial charge in [0.2, 0.25) is 11.9 Å². The topological polar surface area (TPSA) is 79.9 Å². The number of amides is 1. The first-order valence-electron chi connectivity index (χ1n) is 5.70. The summed E-state index contributed by atoms with van der Waals surface area (Å²) in [6, 6.07) is 7.76. The number of ether oxygens (including phenoxy) is 1. The van der Waals surface area contributed by atoms with Gasteiger partial charge in [-0.1, -0.05) is 18.2 Å². The van der Waals surface area contributed by atoms with Crippen LogP contribution in [-0.2, 0) is 11.2 Å². The molecule has 0 spiro atoms. The normalized spacial score (nSPS) is 17.7. The van der Waals surface area contributed by atoms with E-state index < -0.39 is 0 Å². The second-order valence-electron chi connectivity index (χ2n) is 4.14. The molecular formula is C12H12N4O2. The zero-order valence-corrected chi connectivity index (χ0v) is 9.59. The number of anilines is 1. The molecule has 0 aliphatic carbocycles. The van der Waals surface area contributed by atoms with Crippen molar-refractivity contribution in [2.45, 2.75) is 6.42 Å². The molecule has 3 rings (SSSR count). The number of nitrogens with one attached hydrogen (secondary N) is 2. The quantitative estimate of drug-likeness (QED) is 0.825. The number of nitrogens with zero attached hydrogens (tertiary/aromatic N) is 2. The van der Waals surface area contributed by atoms with Gasteiger partial charge >= 0.3 is 0 Å². The maximum Gasteiger partial charge on any atom is 0.233 e. The number of hydrogen-bond acceptors (Lipinski definition) is 4. The van der Waals surface area contributed by atoms with Gasteiger partial charge in [0, 0.05) is 0 Å². The SMILES string of the molecule is O=C(Nc1ncn[nH]1)[C@H]1COc2ccccc2C1. The standard InChI is InChI=1S/C12H12N4O2/c17-11(15-12-13-7-14-16-12)9-5-8-3-1-2-4-10(8)18-6-9/h1-4,7,9H,5-6H2,(H2,13,14,15,16,17)/t9-/m1/s1. The molecule has 1 aromatic heterocycles. The van der Waals surface area contributed by atoms with Crippen LogP contribution in [0.5, 0.6) is 5.75 Å². The van der Waals surface area contributed by atoms with Crippen molar-refractivity contribution in [1.29, 1.82) is 0 Å². The largest absolute Gasteiger partial charge is 0.492 e. The van der Waals surface area contributed by atoms with Gasteiger partial charge in [-0.2, -0.15) is 10.1 Å². The highest BCUT2D eigenvalue weighted by atomic mass is 16.5. The number of aromatic amines is 1. The molecule has 1 aliphatic rings. The number of H-pyrrole nitrogens is 1. The maximum absolute atomic E-state index is 12.0. The van der Waals surface area contributed by atoms with Gasteiger partial charge in [0.05, 0.1) is 5.92 Å². The van der Waals surface area contributed by atoms with Gasteiger partial charge in [-0.25, -0.2) is 5.10 Å². The minimum absolute atomic E-state index is 0.110. The van der Waals surface area contributed by atoms with Crippen LogP contribution in [-0.4, -0.2) is 27.7 Å². The van der Waals surface area contributed by atoms with Crippen LogP contribution in [0.2, 0.25) is 0 Å². The molecule has 0 saturated heterocycles. The Labute approximate surface area is 103 Å². The highest BCUT2D eigenvalue weighted by Gasteiger charge is 2.26. The smallest absolute Gasteiger partial charge is 0.233 e. The van der Waals surface area contributed by atoms with E-state index in [1.54, 1.807) is 0 Å². The lowest BCUT2D eigenvalue weighted by Gasteiger charge is -2.23. The number of carbonyl (C=O) groups is 1. The monoisotopic (exact) mass is 244 g/mol. The van der Waals surface area contributed by atoms with Crippen molar-refractivity contribution in [3.8, 4) is 5.75 Å². The molecule has 6 nitrogen and oxygen atoms in total. The highest BCUT2D eigenvalue weighted by molar-refractivity contribution is 5.91.